The molecule has 102 valence electrons. The van der Waals surface area contributed by atoms with E-state index in [1.165, 1.54) is 30.1 Å². The van der Waals surface area contributed by atoms with Crippen LogP contribution in [0.3, 0.4) is 0 Å². The van der Waals surface area contributed by atoms with Crippen molar-refractivity contribution in [3.8, 4) is 0 Å². The molecule has 0 bridgehead atoms. The van der Waals surface area contributed by atoms with Crippen LogP contribution in [-0.4, -0.2) is 18.2 Å². The van der Waals surface area contributed by atoms with E-state index >= 15 is 0 Å². The lowest BCUT2D eigenvalue weighted by atomic mass is 10.3. The zero-order valence-corrected chi connectivity index (χ0v) is 11.3. The SMILES string of the molecule is Cn1cc(S(=O)(=O)Nc2cc(Cl)ccc2F)c(N)n1. The Morgan fingerprint density at radius 3 is 2.74 bits per heavy atom. The van der Waals surface area contributed by atoms with Gasteiger partial charge in [-0.2, -0.15) is 5.10 Å². The Hall–Kier alpha value is -1.80. The molecule has 0 fully saturated rings. The topological polar surface area (TPSA) is 90.0 Å². The molecule has 3 N–H and O–H groups in total. The summed E-state index contributed by atoms with van der Waals surface area (Å²) < 4.78 is 40.9. The molecule has 0 radical (unpaired) electrons. The fourth-order valence-electron chi connectivity index (χ4n) is 1.47. The fourth-order valence-corrected chi connectivity index (χ4v) is 2.80. The number of sulfonamides is 1. The third kappa shape index (κ3) is 2.79. The number of anilines is 2. The summed E-state index contributed by atoms with van der Waals surface area (Å²) in [5, 5.41) is 3.92. The van der Waals surface area contributed by atoms with Crippen LogP contribution in [0.2, 0.25) is 5.02 Å². The maximum absolute atomic E-state index is 13.5. The van der Waals surface area contributed by atoms with E-state index < -0.39 is 15.8 Å². The van der Waals surface area contributed by atoms with Crippen molar-refractivity contribution in [2.45, 2.75) is 4.90 Å². The van der Waals surface area contributed by atoms with Crippen LogP contribution < -0.4 is 10.5 Å². The Morgan fingerprint density at radius 2 is 2.16 bits per heavy atom. The van der Waals surface area contributed by atoms with Gasteiger partial charge in [-0.1, -0.05) is 11.6 Å². The number of hydrogen-bond donors (Lipinski definition) is 2. The highest BCUT2D eigenvalue weighted by Gasteiger charge is 2.22. The second-order valence-electron chi connectivity index (χ2n) is 3.78. The van der Waals surface area contributed by atoms with E-state index in [-0.39, 0.29) is 21.4 Å². The van der Waals surface area contributed by atoms with Gasteiger partial charge in [0.05, 0.1) is 5.69 Å². The molecule has 19 heavy (non-hydrogen) atoms. The molecule has 0 saturated heterocycles. The lowest BCUT2D eigenvalue weighted by Crippen LogP contribution is -2.14. The highest BCUT2D eigenvalue weighted by Crippen LogP contribution is 2.24. The number of aromatic nitrogens is 2. The molecule has 0 aliphatic heterocycles. The predicted molar refractivity (Wildman–Crippen MR) is 69.8 cm³/mol. The van der Waals surface area contributed by atoms with Gasteiger partial charge in [0.25, 0.3) is 10.0 Å². The van der Waals surface area contributed by atoms with E-state index in [0.29, 0.717) is 0 Å². The van der Waals surface area contributed by atoms with E-state index in [1.807, 2.05) is 0 Å². The highest BCUT2D eigenvalue weighted by atomic mass is 35.5. The third-order valence-corrected chi connectivity index (χ3v) is 3.90. The molecule has 1 aromatic heterocycles. The van der Waals surface area contributed by atoms with Gasteiger partial charge in [0.1, 0.15) is 10.7 Å². The molecule has 1 aromatic carbocycles. The molecule has 6 nitrogen and oxygen atoms in total. The molecule has 0 spiro atoms. The van der Waals surface area contributed by atoms with Crippen LogP contribution >= 0.6 is 11.6 Å². The smallest absolute Gasteiger partial charge is 0.267 e. The largest absolute Gasteiger partial charge is 0.381 e. The van der Waals surface area contributed by atoms with Gasteiger partial charge < -0.3 is 5.73 Å². The molecular formula is C10H10ClFN4O2S. The van der Waals surface area contributed by atoms with Crippen LogP contribution in [0.25, 0.3) is 0 Å². The van der Waals surface area contributed by atoms with Crippen molar-refractivity contribution in [2.75, 3.05) is 10.5 Å². The summed E-state index contributed by atoms with van der Waals surface area (Å²) >= 11 is 5.68. The first kappa shape index (κ1) is 13.6. The second-order valence-corrected chi connectivity index (χ2v) is 5.87. The number of nitrogen functional groups attached to an aromatic ring is 1. The quantitative estimate of drug-likeness (QED) is 0.901. The minimum Gasteiger partial charge on any atom is -0.381 e. The first-order chi connectivity index (χ1) is 8.79. The predicted octanol–water partition coefficient (Wildman–Crippen LogP) is 1.60. The first-order valence-electron chi connectivity index (χ1n) is 5.06. The lowest BCUT2D eigenvalue weighted by molar-refractivity contribution is 0.598. The van der Waals surface area contributed by atoms with Gasteiger partial charge in [-0.15, -0.1) is 0 Å². The molecule has 0 saturated carbocycles. The van der Waals surface area contributed by atoms with E-state index in [9.17, 15) is 12.8 Å². The van der Waals surface area contributed by atoms with Gasteiger partial charge in [0.2, 0.25) is 0 Å². The molecule has 0 aliphatic rings. The maximum Gasteiger partial charge on any atom is 0.267 e. The van der Waals surface area contributed by atoms with Crippen molar-refractivity contribution in [2.24, 2.45) is 7.05 Å². The Bertz CT molecular complexity index is 729. The molecule has 0 amide bonds. The minimum atomic E-state index is -4.02. The molecule has 9 heteroatoms. The number of nitrogens with two attached hydrogens (primary N) is 1. The summed E-state index contributed by atoms with van der Waals surface area (Å²) in [6.45, 7) is 0. The van der Waals surface area contributed by atoms with Crippen LogP contribution in [0.5, 0.6) is 0 Å². The Balaban J connectivity index is 2.42. The molecular weight excluding hydrogens is 295 g/mol. The van der Waals surface area contributed by atoms with E-state index in [4.69, 9.17) is 17.3 Å². The van der Waals surface area contributed by atoms with Gasteiger partial charge in [0.15, 0.2) is 5.82 Å². The third-order valence-electron chi connectivity index (χ3n) is 2.28. The molecule has 2 aromatic rings. The van der Waals surface area contributed by atoms with E-state index in [1.54, 1.807) is 0 Å². The van der Waals surface area contributed by atoms with Crippen molar-refractivity contribution in [1.82, 2.24) is 9.78 Å². The van der Waals surface area contributed by atoms with Crippen molar-refractivity contribution in [1.29, 1.82) is 0 Å². The van der Waals surface area contributed by atoms with Gasteiger partial charge in [-0.3, -0.25) is 9.40 Å². The molecule has 0 atom stereocenters. The minimum absolute atomic E-state index is 0.169. The second kappa shape index (κ2) is 4.71. The van der Waals surface area contributed by atoms with Crippen molar-refractivity contribution < 1.29 is 12.8 Å². The normalized spacial score (nSPS) is 11.5. The number of benzene rings is 1. The zero-order chi connectivity index (χ0) is 14.2. The average Bonchev–Trinajstić information content (AvgIpc) is 2.63. The lowest BCUT2D eigenvalue weighted by Gasteiger charge is -2.08. The van der Waals surface area contributed by atoms with Crippen molar-refractivity contribution >= 4 is 33.1 Å². The van der Waals surface area contributed by atoms with Gasteiger partial charge in [0, 0.05) is 18.3 Å². The maximum atomic E-state index is 13.5. The monoisotopic (exact) mass is 304 g/mol. The Morgan fingerprint density at radius 1 is 1.47 bits per heavy atom. The van der Waals surface area contributed by atoms with Crippen LogP contribution in [0.4, 0.5) is 15.9 Å². The molecule has 2 rings (SSSR count). The van der Waals surface area contributed by atoms with Crippen LogP contribution in [0.15, 0.2) is 29.3 Å². The number of halogens is 2. The number of hydrogen-bond acceptors (Lipinski definition) is 4. The Kier molecular flexibility index (Phi) is 3.38. The van der Waals surface area contributed by atoms with E-state index in [2.05, 4.69) is 9.82 Å². The fraction of sp³-hybridized carbons (Fsp3) is 0.100. The first-order valence-corrected chi connectivity index (χ1v) is 6.93. The summed E-state index contributed by atoms with van der Waals surface area (Å²) in [4.78, 5) is -0.227. The van der Waals surface area contributed by atoms with Crippen LogP contribution in [0, 0.1) is 5.82 Å². The van der Waals surface area contributed by atoms with Crippen molar-refractivity contribution in [3.05, 3.63) is 35.2 Å². The van der Waals surface area contributed by atoms with E-state index in [0.717, 1.165) is 6.07 Å². The summed E-state index contributed by atoms with van der Waals surface area (Å²) in [6.07, 6.45) is 1.22. The summed E-state index contributed by atoms with van der Waals surface area (Å²) in [6, 6.07) is 3.54. The molecule has 1 heterocycles. The number of nitrogens with zero attached hydrogens (tertiary/aromatic N) is 2. The summed E-state index contributed by atoms with van der Waals surface area (Å²) in [5.41, 5.74) is 5.22. The number of rotatable bonds is 3. The highest BCUT2D eigenvalue weighted by molar-refractivity contribution is 7.92. The summed E-state index contributed by atoms with van der Waals surface area (Å²) in [5.74, 6) is -0.909. The van der Waals surface area contributed by atoms with Crippen molar-refractivity contribution in [3.63, 3.8) is 0 Å². The molecule has 0 aliphatic carbocycles. The van der Waals surface area contributed by atoms with Crippen LogP contribution in [-0.2, 0) is 17.1 Å². The van der Waals surface area contributed by atoms with Gasteiger partial charge in [-0.05, 0) is 18.2 Å². The zero-order valence-electron chi connectivity index (χ0n) is 9.76. The van der Waals surface area contributed by atoms with Crippen LogP contribution in [0.1, 0.15) is 0 Å². The number of aryl methyl sites for hydroxylation is 1. The van der Waals surface area contributed by atoms with Gasteiger partial charge >= 0.3 is 0 Å². The standard InChI is InChI=1S/C10H10ClFN4O2S/c1-16-5-9(10(13)14-16)19(17,18)15-8-4-6(11)2-3-7(8)12/h2-5,15H,1H3,(H2,13,14). The average molecular weight is 305 g/mol. The molecule has 0 unspecified atom stereocenters. The Labute approximate surface area is 114 Å². The van der Waals surface area contributed by atoms with Gasteiger partial charge in [-0.25, -0.2) is 12.8 Å². The number of nitrogens with one attached hydrogen (secondary N) is 1. The summed E-state index contributed by atoms with van der Waals surface area (Å²) in [7, 11) is -2.50.